The summed E-state index contributed by atoms with van der Waals surface area (Å²) in [7, 11) is 0. The molecule has 32 heavy (non-hydrogen) atoms. The van der Waals surface area contributed by atoms with Crippen LogP contribution in [0, 0.1) is 11.7 Å². The summed E-state index contributed by atoms with van der Waals surface area (Å²) in [5.41, 5.74) is 3.38. The summed E-state index contributed by atoms with van der Waals surface area (Å²) in [5, 5.41) is 0. The topological polar surface area (TPSA) is 9.23 Å². The van der Waals surface area contributed by atoms with Crippen molar-refractivity contribution >= 4 is 0 Å². The molecule has 2 heteroatoms. The van der Waals surface area contributed by atoms with Crippen molar-refractivity contribution in [3.63, 3.8) is 0 Å². The summed E-state index contributed by atoms with van der Waals surface area (Å²) in [5.74, 6) is 1.03. The van der Waals surface area contributed by atoms with E-state index in [1.54, 1.807) is 12.1 Å². The second-order valence-corrected chi connectivity index (χ2v) is 9.71. The molecule has 176 valence electrons. The lowest BCUT2D eigenvalue weighted by atomic mass is 9.85. The third-order valence-corrected chi connectivity index (χ3v) is 7.04. The van der Waals surface area contributed by atoms with Crippen LogP contribution in [0.15, 0.2) is 42.5 Å². The van der Waals surface area contributed by atoms with Gasteiger partial charge in [0, 0.05) is 0 Å². The third-order valence-electron chi connectivity index (χ3n) is 7.04. The Hall–Kier alpha value is -1.83. The number of rotatable bonds is 14. The van der Waals surface area contributed by atoms with Crippen molar-refractivity contribution in [3.05, 3.63) is 53.8 Å². The van der Waals surface area contributed by atoms with Gasteiger partial charge in [0.1, 0.15) is 0 Å². The molecule has 0 aliphatic heterocycles. The molecule has 0 saturated heterocycles. The summed E-state index contributed by atoms with van der Waals surface area (Å²) >= 11 is 0. The van der Waals surface area contributed by atoms with Gasteiger partial charge in [0.05, 0.1) is 6.61 Å². The predicted octanol–water partition coefficient (Wildman–Crippen LogP) is 9.53. The molecule has 1 nitrogen and oxygen atoms in total. The number of ether oxygens (including phenoxy) is 1. The SMILES string of the molecule is CCCCCCCCCCOc1ccc(-c2ccc(CCC3CCCCC3)cc2)cc1F. The first kappa shape index (κ1) is 24.8. The highest BCUT2D eigenvalue weighted by molar-refractivity contribution is 5.64. The van der Waals surface area contributed by atoms with Crippen LogP contribution in [0.3, 0.4) is 0 Å². The standard InChI is InChI=1S/C30H43FO/c1-2-3-4-5-6-7-8-12-23-32-30-22-21-28(24-29(30)31)27-19-17-26(18-20-27)16-15-25-13-10-9-11-14-25/h17-22,24-25H,2-16,23H2,1H3. The molecule has 0 N–H and O–H groups in total. The van der Waals surface area contributed by atoms with Gasteiger partial charge in [-0.1, -0.05) is 114 Å². The first-order valence-corrected chi connectivity index (χ1v) is 13.3. The largest absolute Gasteiger partial charge is 0.491 e. The van der Waals surface area contributed by atoms with Crippen LogP contribution >= 0.6 is 0 Å². The molecular weight excluding hydrogens is 395 g/mol. The minimum Gasteiger partial charge on any atom is -0.491 e. The van der Waals surface area contributed by atoms with Crippen molar-refractivity contribution in [2.24, 2.45) is 5.92 Å². The molecular formula is C30H43FO. The Morgan fingerprint density at radius 1 is 0.781 bits per heavy atom. The van der Waals surface area contributed by atoms with Crippen LogP contribution in [-0.4, -0.2) is 6.61 Å². The molecule has 0 aromatic heterocycles. The van der Waals surface area contributed by atoms with Gasteiger partial charge in [0.15, 0.2) is 11.6 Å². The normalized spacial score (nSPS) is 14.6. The van der Waals surface area contributed by atoms with Crippen LogP contribution in [0.2, 0.25) is 0 Å². The van der Waals surface area contributed by atoms with Crippen molar-refractivity contribution in [1.29, 1.82) is 0 Å². The molecule has 1 aliphatic rings. The van der Waals surface area contributed by atoms with E-state index >= 15 is 0 Å². The van der Waals surface area contributed by atoms with Crippen molar-refractivity contribution in [1.82, 2.24) is 0 Å². The van der Waals surface area contributed by atoms with E-state index in [2.05, 4.69) is 31.2 Å². The fraction of sp³-hybridized carbons (Fsp3) is 0.600. The van der Waals surface area contributed by atoms with Gasteiger partial charge in [-0.15, -0.1) is 0 Å². The minimum absolute atomic E-state index is 0.261. The van der Waals surface area contributed by atoms with Gasteiger partial charge in [0.2, 0.25) is 0 Å². The van der Waals surface area contributed by atoms with Crippen LogP contribution in [-0.2, 0) is 6.42 Å². The highest BCUT2D eigenvalue weighted by atomic mass is 19.1. The fourth-order valence-corrected chi connectivity index (χ4v) is 4.93. The van der Waals surface area contributed by atoms with E-state index in [1.807, 2.05) is 6.07 Å². The summed E-state index contributed by atoms with van der Waals surface area (Å²) < 4.78 is 20.3. The molecule has 0 radical (unpaired) electrons. The molecule has 0 atom stereocenters. The van der Waals surface area contributed by atoms with E-state index in [9.17, 15) is 4.39 Å². The molecule has 0 unspecified atom stereocenters. The Balaban J connectivity index is 1.39. The lowest BCUT2D eigenvalue weighted by molar-refractivity contribution is 0.290. The number of aryl methyl sites for hydroxylation is 1. The van der Waals surface area contributed by atoms with Crippen molar-refractivity contribution < 1.29 is 9.13 Å². The lowest BCUT2D eigenvalue weighted by Crippen LogP contribution is -2.07. The number of hydrogen-bond acceptors (Lipinski definition) is 1. The zero-order valence-corrected chi connectivity index (χ0v) is 20.2. The summed E-state index contributed by atoms with van der Waals surface area (Å²) in [4.78, 5) is 0. The van der Waals surface area contributed by atoms with Crippen LogP contribution in [0.25, 0.3) is 11.1 Å². The first-order valence-electron chi connectivity index (χ1n) is 13.3. The Bertz CT molecular complexity index is 761. The molecule has 2 aromatic carbocycles. The summed E-state index contributed by atoms with van der Waals surface area (Å²) in [6.07, 6.45) is 19.6. The van der Waals surface area contributed by atoms with E-state index in [-0.39, 0.29) is 5.82 Å². The minimum atomic E-state index is -0.261. The average molecular weight is 439 g/mol. The van der Waals surface area contributed by atoms with Crippen LogP contribution in [0.4, 0.5) is 4.39 Å². The lowest BCUT2D eigenvalue weighted by Gasteiger charge is -2.21. The zero-order valence-electron chi connectivity index (χ0n) is 20.2. The van der Waals surface area contributed by atoms with E-state index < -0.39 is 0 Å². The molecule has 1 fully saturated rings. The van der Waals surface area contributed by atoms with Crippen LogP contribution in [0.1, 0.15) is 102 Å². The van der Waals surface area contributed by atoms with Gasteiger partial charge in [-0.3, -0.25) is 0 Å². The summed E-state index contributed by atoms with van der Waals surface area (Å²) in [6.45, 7) is 2.85. The van der Waals surface area contributed by atoms with Crippen molar-refractivity contribution in [2.75, 3.05) is 6.61 Å². The maximum Gasteiger partial charge on any atom is 0.165 e. The van der Waals surface area contributed by atoms with E-state index in [0.29, 0.717) is 12.4 Å². The van der Waals surface area contributed by atoms with Gasteiger partial charge in [0.25, 0.3) is 0 Å². The van der Waals surface area contributed by atoms with E-state index in [1.165, 1.54) is 89.0 Å². The van der Waals surface area contributed by atoms with Gasteiger partial charge >= 0.3 is 0 Å². The highest BCUT2D eigenvalue weighted by Gasteiger charge is 2.13. The summed E-state index contributed by atoms with van der Waals surface area (Å²) in [6, 6.07) is 14.1. The molecule has 2 aromatic rings. The second kappa shape index (κ2) is 14.3. The number of hydrogen-bond donors (Lipinski definition) is 0. The van der Waals surface area contributed by atoms with Gasteiger partial charge in [-0.2, -0.15) is 0 Å². The number of unbranched alkanes of at least 4 members (excludes halogenated alkanes) is 7. The van der Waals surface area contributed by atoms with Crippen molar-refractivity contribution in [2.45, 2.75) is 103 Å². The average Bonchev–Trinajstić information content (AvgIpc) is 2.83. The Morgan fingerprint density at radius 3 is 2.12 bits per heavy atom. The molecule has 0 heterocycles. The monoisotopic (exact) mass is 438 g/mol. The number of halogens is 1. The third kappa shape index (κ3) is 8.60. The van der Waals surface area contributed by atoms with Crippen molar-refractivity contribution in [3.8, 4) is 16.9 Å². The molecule has 0 bridgehead atoms. The maximum absolute atomic E-state index is 14.6. The molecule has 1 saturated carbocycles. The molecule has 3 rings (SSSR count). The smallest absolute Gasteiger partial charge is 0.165 e. The number of benzene rings is 2. The zero-order chi connectivity index (χ0) is 22.4. The molecule has 0 amide bonds. The quantitative estimate of drug-likeness (QED) is 0.267. The Morgan fingerprint density at radius 2 is 1.44 bits per heavy atom. The Labute approximate surface area is 195 Å². The highest BCUT2D eigenvalue weighted by Crippen LogP contribution is 2.29. The van der Waals surface area contributed by atoms with E-state index in [4.69, 9.17) is 4.74 Å². The maximum atomic E-state index is 14.6. The van der Waals surface area contributed by atoms with Gasteiger partial charge in [-0.25, -0.2) is 4.39 Å². The van der Waals surface area contributed by atoms with Gasteiger partial charge < -0.3 is 4.74 Å². The first-order chi connectivity index (χ1) is 15.8. The van der Waals surface area contributed by atoms with Gasteiger partial charge in [-0.05, 0) is 54.0 Å². The Kier molecular flexibility index (Phi) is 11.1. The van der Waals surface area contributed by atoms with Crippen LogP contribution in [0.5, 0.6) is 5.75 Å². The second-order valence-electron chi connectivity index (χ2n) is 9.71. The van der Waals surface area contributed by atoms with E-state index in [0.717, 1.165) is 29.9 Å². The fourth-order valence-electron chi connectivity index (χ4n) is 4.93. The predicted molar refractivity (Wildman–Crippen MR) is 135 cm³/mol. The molecule has 1 aliphatic carbocycles. The van der Waals surface area contributed by atoms with Crippen LogP contribution < -0.4 is 4.74 Å². The molecule has 0 spiro atoms.